The summed E-state index contributed by atoms with van der Waals surface area (Å²) in [5.41, 5.74) is 0.160. The Hall–Kier alpha value is -2.05. The smallest absolute Gasteiger partial charge is 0.252 e. The van der Waals surface area contributed by atoms with Crippen LogP contribution in [-0.2, 0) is 10.3 Å². The highest BCUT2D eigenvalue weighted by atomic mass is 35.5. The number of hydrogen-bond donors (Lipinski definition) is 2. The van der Waals surface area contributed by atoms with Crippen LogP contribution in [0.15, 0.2) is 42.7 Å². The van der Waals surface area contributed by atoms with Crippen LogP contribution in [0.1, 0.15) is 44.9 Å². The standard InChI is InChI=1S/C21H28N4O2.ClH/c26-20(21(11-14-22-15-12-21)25-16-4-13-23-25)24-17-7-9-19(10-8-17)27-18-5-2-1-3-6-18;/h4,7-10,13,16,18,22H,1-3,5-6,11-12,14-15H2,(H,24,26);1H. The van der Waals surface area contributed by atoms with Gasteiger partial charge in [0.25, 0.3) is 5.91 Å². The molecule has 2 aliphatic rings. The molecule has 7 heteroatoms. The summed E-state index contributed by atoms with van der Waals surface area (Å²) in [6, 6.07) is 9.62. The van der Waals surface area contributed by atoms with E-state index in [1.807, 2.05) is 41.2 Å². The zero-order valence-electron chi connectivity index (χ0n) is 16.1. The highest BCUT2D eigenvalue weighted by Gasteiger charge is 2.42. The van der Waals surface area contributed by atoms with Crippen molar-refractivity contribution < 1.29 is 9.53 Å². The van der Waals surface area contributed by atoms with Gasteiger partial charge in [0.1, 0.15) is 11.3 Å². The van der Waals surface area contributed by atoms with Gasteiger partial charge >= 0.3 is 0 Å². The van der Waals surface area contributed by atoms with E-state index in [2.05, 4.69) is 15.7 Å². The fourth-order valence-electron chi connectivity index (χ4n) is 4.16. The molecule has 1 aromatic carbocycles. The quantitative estimate of drug-likeness (QED) is 0.796. The maximum atomic E-state index is 13.2. The minimum Gasteiger partial charge on any atom is -0.490 e. The van der Waals surface area contributed by atoms with Crippen molar-refractivity contribution in [1.29, 1.82) is 0 Å². The largest absolute Gasteiger partial charge is 0.490 e. The van der Waals surface area contributed by atoms with Crippen LogP contribution in [0.5, 0.6) is 5.75 Å². The molecule has 1 aliphatic heterocycles. The number of anilines is 1. The first-order valence-electron chi connectivity index (χ1n) is 10.1. The van der Waals surface area contributed by atoms with Gasteiger partial charge in [0.15, 0.2) is 0 Å². The molecule has 0 atom stereocenters. The van der Waals surface area contributed by atoms with E-state index in [4.69, 9.17) is 4.74 Å². The van der Waals surface area contributed by atoms with Crippen molar-refractivity contribution in [2.24, 2.45) is 0 Å². The Morgan fingerprint density at radius 1 is 1.14 bits per heavy atom. The van der Waals surface area contributed by atoms with Crippen LogP contribution in [0.3, 0.4) is 0 Å². The lowest BCUT2D eigenvalue weighted by Gasteiger charge is -2.36. The molecule has 0 spiro atoms. The second-order valence-corrected chi connectivity index (χ2v) is 7.59. The number of hydrogen-bond acceptors (Lipinski definition) is 4. The molecule has 0 radical (unpaired) electrons. The summed E-state index contributed by atoms with van der Waals surface area (Å²) in [5, 5.41) is 10.8. The van der Waals surface area contributed by atoms with Gasteiger partial charge in [0.05, 0.1) is 6.10 Å². The Morgan fingerprint density at radius 3 is 2.50 bits per heavy atom. The number of benzene rings is 1. The molecule has 1 saturated carbocycles. The van der Waals surface area contributed by atoms with Crippen LogP contribution < -0.4 is 15.4 Å². The Kier molecular flexibility index (Phi) is 6.97. The van der Waals surface area contributed by atoms with E-state index in [-0.39, 0.29) is 18.3 Å². The van der Waals surface area contributed by atoms with E-state index in [9.17, 15) is 4.79 Å². The minimum atomic E-state index is -0.633. The number of carbonyl (C=O) groups excluding carboxylic acids is 1. The molecular weight excluding hydrogens is 376 g/mol. The molecule has 0 unspecified atom stereocenters. The number of nitrogens with one attached hydrogen (secondary N) is 2. The predicted octanol–water partition coefficient (Wildman–Crippen LogP) is 3.73. The average Bonchev–Trinajstić information content (AvgIpc) is 3.26. The van der Waals surface area contributed by atoms with Gasteiger partial charge in [-0.15, -0.1) is 12.4 Å². The second-order valence-electron chi connectivity index (χ2n) is 7.59. The molecule has 1 aromatic heterocycles. The van der Waals surface area contributed by atoms with Gasteiger partial charge in [-0.2, -0.15) is 5.10 Å². The maximum Gasteiger partial charge on any atom is 0.252 e. The van der Waals surface area contributed by atoms with Gasteiger partial charge in [-0.3, -0.25) is 9.48 Å². The number of amides is 1. The Bertz CT molecular complexity index is 736. The van der Waals surface area contributed by atoms with E-state index < -0.39 is 5.54 Å². The molecule has 1 aliphatic carbocycles. The van der Waals surface area contributed by atoms with Gasteiger partial charge in [-0.1, -0.05) is 6.42 Å². The molecule has 152 valence electrons. The van der Waals surface area contributed by atoms with Gasteiger partial charge < -0.3 is 15.4 Å². The van der Waals surface area contributed by atoms with Crippen molar-refractivity contribution in [3.63, 3.8) is 0 Å². The van der Waals surface area contributed by atoms with E-state index >= 15 is 0 Å². The Labute approximate surface area is 172 Å². The SMILES string of the molecule is Cl.O=C(Nc1ccc(OC2CCCCC2)cc1)C1(n2cccn2)CCNCC1. The first-order valence-corrected chi connectivity index (χ1v) is 10.1. The number of aromatic nitrogens is 2. The molecule has 2 fully saturated rings. The molecule has 6 nitrogen and oxygen atoms in total. The Morgan fingerprint density at radius 2 is 1.86 bits per heavy atom. The van der Waals surface area contributed by atoms with Crippen molar-refractivity contribution in [3.8, 4) is 5.75 Å². The van der Waals surface area contributed by atoms with E-state index in [0.29, 0.717) is 6.10 Å². The summed E-state index contributed by atoms with van der Waals surface area (Å²) in [4.78, 5) is 13.2. The molecule has 28 heavy (non-hydrogen) atoms. The second kappa shape index (κ2) is 9.43. The molecule has 1 saturated heterocycles. The van der Waals surface area contributed by atoms with Crippen molar-refractivity contribution in [3.05, 3.63) is 42.7 Å². The van der Waals surface area contributed by atoms with Crippen LogP contribution in [0, 0.1) is 0 Å². The minimum absolute atomic E-state index is 0. The molecule has 4 rings (SSSR count). The summed E-state index contributed by atoms with van der Waals surface area (Å²) < 4.78 is 7.88. The van der Waals surface area contributed by atoms with Gasteiger partial charge in [0, 0.05) is 18.1 Å². The van der Waals surface area contributed by atoms with Crippen LogP contribution >= 0.6 is 12.4 Å². The Balaban J connectivity index is 0.00000225. The molecule has 2 aromatic rings. The predicted molar refractivity (Wildman–Crippen MR) is 112 cm³/mol. The molecule has 1 amide bonds. The van der Waals surface area contributed by atoms with E-state index in [0.717, 1.165) is 50.2 Å². The highest BCUT2D eigenvalue weighted by molar-refractivity contribution is 5.96. The monoisotopic (exact) mass is 404 g/mol. The van der Waals surface area contributed by atoms with Crippen molar-refractivity contribution >= 4 is 24.0 Å². The highest BCUT2D eigenvalue weighted by Crippen LogP contribution is 2.29. The first kappa shape index (κ1) is 20.7. The summed E-state index contributed by atoms with van der Waals surface area (Å²) in [6.45, 7) is 1.61. The van der Waals surface area contributed by atoms with Crippen LogP contribution in [0.4, 0.5) is 5.69 Å². The van der Waals surface area contributed by atoms with Gasteiger partial charge in [-0.25, -0.2) is 0 Å². The van der Waals surface area contributed by atoms with E-state index in [1.165, 1.54) is 19.3 Å². The van der Waals surface area contributed by atoms with Crippen molar-refractivity contribution in [2.45, 2.75) is 56.6 Å². The fourth-order valence-corrected chi connectivity index (χ4v) is 4.16. The maximum absolute atomic E-state index is 13.2. The fraction of sp³-hybridized carbons (Fsp3) is 0.524. The lowest BCUT2D eigenvalue weighted by molar-refractivity contribution is -0.126. The molecule has 2 N–H and O–H groups in total. The molecule has 2 heterocycles. The normalized spacial score (nSPS) is 19.4. The summed E-state index contributed by atoms with van der Waals surface area (Å²) in [7, 11) is 0. The lowest BCUT2D eigenvalue weighted by Crippen LogP contribution is -2.52. The third-order valence-electron chi connectivity index (χ3n) is 5.76. The number of nitrogens with zero attached hydrogens (tertiary/aromatic N) is 2. The topological polar surface area (TPSA) is 68.2 Å². The number of rotatable bonds is 5. The van der Waals surface area contributed by atoms with Gasteiger partial charge in [-0.05, 0) is 81.9 Å². The van der Waals surface area contributed by atoms with Gasteiger partial charge in [0.2, 0.25) is 0 Å². The number of ether oxygens (including phenoxy) is 1. The third kappa shape index (κ3) is 4.50. The van der Waals surface area contributed by atoms with Crippen molar-refractivity contribution in [2.75, 3.05) is 18.4 Å². The first-order chi connectivity index (χ1) is 13.3. The van der Waals surface area contributed by atoms with Crippen LogP contribution in [-0.4, -0.2) is 34.9 Å². The lowest BCUT2D eigenvalue weighted by atomic mass is 9.87. The average molecular weight is 405 g/mol. The van der Waals surface area contributed by atoms with Crippen LogP contribution in [0.2, 0.25) is 0 Å². The third-order valence-corrected chi connectivity index (χ3v) is 5.76. The van der Waals surface area contributed by atoms with Crippen LogP contribution in [0.25, 0.3) is 0 Å². The zero-order valence-corrected chi connectivity index (χ0v) is 16.9. The molecular formula is C21H29ClN4O2. The summed E-state index contributed by atoms with van der Waals surface area (Å²) in [6.07, 6.45) is 11.5. The number of halogens is 1. The number of carbonyl (C=O) groups is 1. The zero-order chi connectivity index (χ0) is 18.5. The summed E-state index contributed by atoms with van der Waals surface area (Å²) in [5.74, 6) is 0.872. The summed E-state index contributed by atoms with van der Waals surface area (Å²) >= 11 is 0. The molecule has 0 bridgehead atoms. The van der Waals surface area contributed by atoms with E-state index in [1.54, 1.807) is 6.20 Å². The number of piperidine rings is 1. The van der Waals surface area contributed by atoms with Crippen molar-refractivity contribution in [1.82, 2.24) is 15.1 Å².